The fourth-order valence-electron chi connectivity index (χ4n) is 8.02. The molecule has 38 nitrogen and oxygen atoms in total. The van der Waals surface area contributed by atoms with Crippen molar-refractivity contribution in [2.24, 2.45) is 5.92 Å². The number of ether oxygens (including phenoxy) is 24. The van der Waals surface area contributed by atoms with Crippen LogP contribution in [0.4, 0.5) is 52.7 Å². The van der Waals surface area contributed by atoms with Crippen LogP contribution < -0.4 is 0 Å². The molecule has 0 aliphatic rings. The molecular formula is C96H180F12O38. The van der Waals surface area contributed by atoms with E-state index in [1.165, 1.54) is 88.5 Å². The van der Waals surface area contributed by atoms with Gasteiger partial charge < -0.3 is 124 Å². The third-order valence-electron chi connectivity index (χ3n) is 14.5. The van der Waals surface area contributed by atoms with Gasteiger partial charge in [-0.15, -0.1) is 0 Å². The topological polar surface area (TPSA) is 467 Å². The van der Waals surface area contributed by atoms with Crippen molar-refractivity contribution in [2.45, 2.75) is 350 Å². The van der Waals surface area contributed by atoms with Crippen LogP contribution in [0.25, 0.3) is 0 Å². The number of hydrogen-bond acceptors (Lipinski definition) is 38. The lowest BCUT2D eigenvalue weighted by Crippen LogP contribution is -2.28. The smallest absolute Gasteiger partial charge is 0.353 e. The first kappa shape index (κ1) is 163. The molecule has 0 heterocycles. The predicted octanol–water partition coefficient (Wildman–Crippen LogP) is 17.4. The summed E-state index contributed by atoms with van der Waals surface area (Å²) < 4.78 is 256. The molecule has 0 amide bonds. The second kappa shape index (κ2) is 116. The van der Waals surface area contributed by atoms with Gasteiger partial charge in [0.05, 0.1) is 92.5 Å². The summed E-state index contributed by atoms with van der Waals surface area (Å²) in [5.41, 5.74) is 0. The van der Waals surface area contributed by atoms with E-state index in [0.717, 1.165) is 145 Å². The molecule has 50 heteroatoms. The van der Waals surface area contributed by atoms with Gasteiger partial charge in [0, 0.05) is 202 Å². The quantitative estimate of drug-likeness (QED) is 0.0188. The Labute approximate surface area is 857 Å². The Hall–Kier alpha value is -7.76. The lowest BCUT2D eigenvalue weighted by atomic mass is 10.1. The Morgan fingerprint density at radius 1 is 0.240 bits per heavy atom. The molecule has 0 rings (SSSR count). The Morgan fingerprint density at radius 2 is 0.473 bits per heavy atom. The summed E-state index contributed by atoms with van der Waals surface area (Å²) in [5.74, 6) is -9.02. The van der Waals surface area contributed by atoms with Gasteiger partial charge >= 0.3 is 96.1 Å². The summed E-state index contributed by atoms with van der Waals surface area (Å²) in [4.78, 5) is 124. The van der Waals surface area contributed by atoms with E-state index in [4.69, 9.17) is 67.1 Å². The van der Waals surface area contributed by atoms with Crippen LogP contribution in [-0.2, 0) is 171 Å². The highest BCUT2D eigenvalue weighted by Gasteiger charge is 2.27. The van der Waals surface area contributed by atoms with E-state index < -0.39 is 104 Å². The van der Waals surface area contributed by atoms with Crippen LogP contribution in [0.15, 0.2) is 0 Å². The number of esters is 12. The summed E-state index contributed by atoms with van der Waals surface area (Å²) in [6.07, 6.45) is -1.02. The second-order valence-electron chi connectivity index (χ2n) is 30.8. The van der Waals surface area contributed by atoms with Gasteiger partial charge in [-0.1, -0.05) is 46.0 Å². The minimum Gasteiger partial charge on any atom is -0.466 e. The SMILES string of the molecule is CC(=O)OC(C)OCCC(C)(F)F.CC(=O)OCC(O)COC(C)(F)F.CC(=O)OCC(O)COC(C)(F)F.CC(=O)OCCCOC(C)(F)F.CC(=O)OCCOC(C)(F)F.CC(=O)OCCOCCC(C)(F)F.CCOCCCCCCCCOC(C)=O.CCOCCCCCCOC(C)=O.CCOCCCCOC(C)=O.CCOCCCOC(C)=O.CCOCCOC(=O)CCC(C)C.CCOCCOC(C)=O. The van der Waals surface area contributed by atoms with Crippen molar-refractivity contribution in [3.8, 4) is 0 Å². The molecule has 0 aliphatic carbocycles. The molecule has 0 aromatic heterocycles. The summed E-state index contributed by atoms with van der Waals surface area (Å²) in [6.45, 7) is 45.2. The average molecular weight is 2170 g/mol. The maximum absolute atomic E-state index is 12.2. The van der Waals surface area contributed by atoms with Gasteiger partial charge in [0.1, 0.15) is 51.8 Å². The normalized spacial score (nSPS) is 11.3. The molecule has 0 saturated heterocycles. The van der Waals surface area contributed by atoms with Crippen LogP contribution >= 0.6 is 0 Å². The zero-order chi connectivity index (χ0) is 115. The lowest BCUT2D eigenvalue weighted by Gasteiger charge is -2.14. The van der Waals surface area contributed by atoms with Crippen molar-refractivity contribution in [2.75, 3.05) is 198 Å². The zero-order valence-electron chi connectivity index (χ0n) is 91.4. The van der Waals surface area contributed by atoms with Gasteiger partial charge in [0.2, 0.25) is 11.8 Å². The Bertz CT molecular complexity index is 2940. The molecule has 0 bridgehead atoms. The number of alkyl halides is 12. The van der Waals surface area contributed by atoms with Gasteiger partial charge in [-0.25, -0.2) is 17.6 Å². The van der Waals surface area contributed by atoms with E-state index in [0.29, 0.717) is 113 Å². The highest BCUT2D eigenvalue weighted by Crippen LogP contribution is 2.20. The van der Waals surface area contributed by atoms with Crippen molar-refractivity contribution in [1.82, 2.24) is 0 Å². The van der Waals surface area contributed by atoms with Crippen molar-refractivity contribution in [3.63, 3.8) is 0 Å². The molecule has 3 atom stereocenters. The fraction of sp³-hybridized carbons (Fsp3) is 0.875. The van der Waals surface area contributed by atoms with E-state index in [1.807, 2.05) is 41.5 Å². The Kier molecular flexibility index (Phi) is 130. The molecule has 0 radical (unpaired) electrons. The van der Waals surface area contributed by atoms with E-state index >= 15 is 0 Å². The number of rotatable bonds is 70. The van der Waals surface area contributed by atoms with E-state index in [9.17, 15) is 110 Å². The van der Waals surface area contributed by atoms with Crippen LogP contribution in [0.5, 0.6) is 0 Å². The van der Waals surface area contributed by atoms with E-state index in [2.05, 4.69) is 70.7 Å². The summed E-state index contributed by atoms with van der Waals surface area (Å²) >= 11 is 0. The summed E-state index contributed by atoms with van der Waals surface area (Å²) in [6, 6.07) is 0. The third-order valence-corrected chi connectivity index (χ3v) is 14.5. The van der Waals surface area contributed by atoms with Gasteiger partial charge in [-0.05, 0) is 120 Å². The molecule has 0 aliphatic heterocycles. The number of unbranched alkanes of at least 4 members (excludes halogenated alkanes) is 9. The predicted molar refractivity (Wildman–Crippen MR) is 512 cm³/mol. The minimum absolute atomic E-state index is 0.0231. The number of aliphatic hydroxyl groups excluding tert-OH is 2. The highest BCUT2D eigenvalue weighted by molar-refractivity contribution is 5.70. The molecule has 3 unspecified atom stereocenters. The molecule has 0 aromatic rings. The minimum atomic E-state index is -3.28. The van der Waals surface area contributed by atoms with Crippen molar-refractivity contribution < 1.29 is 234 Å². The Morgan fingerprint density at radius 3 is 0.760 bits per heavy atom. The molecule has 0 aromatic carbocycles. The van der Waals surface area contributed by atoms with Crippen molar-refractivity contribution in [1.29, 1.82) is 0 Å². The van der Waals surface area contributed by atoms with Gasteiger partial charge in [0.25, 0.3) is 0 Å². The number of carbonyl (C=O) groups excluding carboxylic acids is 12. The number of carbonyl (C=O) groups is 12. The van der Waals surface area contributed by atoms with Crippen LogP contribution in [-0.4, -0.2) is 335 Å². The number of aliphatic hydroxyl groups is 2. The number of hydrogen-bond donors (Lipinski definition) is 2. The van der Waals surface area contributed by atoms with E-state index in [1.54, 1.807) is 0 Å². The largest absolute Gasteiger partial charge is 0.466 e. The first-order valence-corrected chi connectivity index (χ1v) is 48.2. The standard InChI is InChI=1S/C12H24O3.2C10H20O3.2C8H14F2O3.C8H16O3.2C7H12F2O4.C7H12F2O3.C7H14O3.C6H10F2O3.C6H12O3/c1-3-14-10-8-6-4-5-7-9-11-15-12(2)13;1-4-12-7-8-13-10(11)6-5-9(2)3;1-3-12-8-6-4-5-7-9-13-10(2)11;1-6(11)13-7(2)12-5-4-8(3,9)10;1-7(11)13-6-5-12-4-3-8(2,9)10;1-3-10-6-4-5-7-11-8(2)9;2*1-5(10)12-3-6(11)4-13-7(2,8)9;1-6(10)11-4-3-5-12-7(2,8)9;1-3-9-5-4-6-10-7(2)8;1-5(9)10-3-4-11-6(2,7)8;1-3-8-4-5-9-6(2)7/h3-11H2,1-2H3;9H,4-8H2,1-3H3;3-9H2,1-2H3;7H,4-5H2,1-3H3;3-6H2,1-2H3;3-7H2,1-2H3;2*6,11H,3-4H2,1-2H3;3-5H2,1-2H3;3-6H2,1-2H3;3-4H2,1-2H3;3-5H2,1-2H3. The molecule has 0 fully saturated rings. The summed E-state index contributed by atoms with van der Waals surface area (Å²) in [5, 5.41) is 17.9. The molecule has 0 saturated carbocycles. The molecule has 146 heavy (non-hydrogen) atoms. The van der Waals surface area contributed by atoms with Gasteiger partial charge in [-0.3, -0.25) is 57.5 Å². The van der Waals surface area contributed by atoms with Crippen LogP contribution in [0.3, 0.4) is 0 Å². The molecule has 2 N–H and O–H groups in total. The first-order chi connectivity index (χ1) is 67.7. The summed E-state index contributed by atoms with van der Waals surface area (Å²) in [7, 11) is 0. The van der Waals surface area contributed by atoms with E-state index in [-0.39, 0.29) is 121 Å². The molecular weight excluding hydrogens is 1990 g/mol. The molecule has 876 valence electrons. The zero-order valence-corrected chi connectivity index (χ0v) is 91.4. The average Bonchev–Trinajstić information content (AvgIpc) is 0.966. The van der Waals surface area contributed by atoms with Crippen LogP contribution in [0.1, 0.15) is 296 Å². The second-order valence-corrected chi connectivity index (χ2v) is 30.8. The van der Waals surface area contributed by atoms with Crippen molar-refractivity contribution >= 4 is 71.6 Å². The van der Waals surface area contributed by atoms with Gasteiger partial charge in [0.15, 0.2) is 6.29 Å². The maximum Gasteiger partial charge on any atom is 0.353 e. The van der Waals surface area contributed by atoms with Crippen LogP contribution in [0, 0.1) is 5.92 Å². The molecule has 0 spiro atoms. The fourth-order valence-corrected chi connectivity index (χ4v) is 8.02. The van der Waals surface area contributed by atoms with Gasteiger partial charge in [-0.2, -0.15) is 35.1 Å². The lowest BCUT2D eigenvalue weighted by molar-refractivity contribution is -0.237. The maximum atomic E-state index is 12.2. The first-order valence-electron chi connectivity index (χ1n) is 48.2. The third kappa shape index (κ3) is 221. The monoisotopic (exact) mass is 2170 g/mol. The number of halogens is 12. The highest BCUT2D eigenvalue weighted by atomic mass is 19.3. The Balaban J connectivity index is -0.000000134. The van der Waals surface area contributed by atoms with Crippen LogP contribution in [0.2, 0.25) is 0 Å². The van der Waals surface area contributed by atoms with Crippen molar-refractivity contribution in [3.05, 3.63) is 0 Å².